The van der Waals surface area contributed by atoms with E-state index >= 15 is 0 Å². The summed E-state index contributed by atoms with van der Waals surface area (Å²) in [6.45, 7) is 4.07. The second-order valence-electron chi connectivity index (χ2n) is 8.71. The van der Waals surface area contributed by atoms with Crippen LogP contribution in [0.15, 0.2) is 82.0 Å². The minimum Gasteiger partial charge on any atom is -0.274 e. The monoisotopic (exact) mass is 542 g/mol. The molecule has 0 radical (unpaired) electrons. The minimum absolute atomic E-state index is 0.0111. The van der Waals surface area contributed by atoms with E-state index < -0.39 is 5.91 Å². The Morgan fingerprint density at radius 2 is 1.72 bits per heavy atom. The third-order valence-electron chi connectivity index (χ3n) is 6.24. The van der Waals surface area contributed by atoms with Gasteiger partial charge >= 0.3 is 0 Å². The van der Waals surface area contributed by atoms with Crippen molar-refractivity contribution in [1.82, 2.24) is 14.7 Å². The number of hydrogen-bond acceptors (Lipinski definition) is 4. The van der Waals surface area contributed by atoms with Crippen LogP contribution >= 0.6 is 15.9 Å². The first kappa shape index (κ1) is 25.3. The summed E-state index contributed by atoms with van der Waals surface area (Å²) in [5.74, 6) is -0.885. The van der Waals surface area contributed by atoms with Crippen molar-refractivity contribution in [2.24, 2.45) is 0 Å². The highest BCUT2D eigenvalue weighted by molar-refractivity contribution is 9.10. The number of unbranched alkanes of at least 4 members (excludes halogenated alkanes) is 3. The molecule has 1 aliphatic rings. The Kier molecular flexibility index (Phi) is 7.97. The molecule has 0 unspecified atom stereocenters. The molecule has 1 aliphatic heterocycles. The van der Waals surface area contributed by atoms with Gasteiger partial charge in [-0.2, -0.15) is 10.4 Å². The molecule has 0 saturated heterocycles. The second kappa shape index (κ2) is 11.3. The summed E-state index contributed by atoms with van der Waals surface area (Å²) in [5.41, 5.74) is 3.94. The average molecular weight is 543 g/mol. The summed E-state index contributed by atoms with van der Waals surface area (Å²) in [5, 5.41) is 14.5. The zero-order valence-corrected chi connectivity index (χ0v) is 22.0. The van der Waals surface area contributed by atoms with Crippen molar-refractivity contribution in [3.63, 3.8) is 0 Å². The first-order valence-electron chi connectivity index (χ1n) is 12.0. The zero-order valence-electron chi connectivity index (χ0n) is 20.4. The molecule has 7 heteroatoms. The van der Waals surface area contributed by atoms with Crippen molar-refractivity contribution in [1.29, 1.82) is 5.26 Å². The first-order chi connectivity index (χ1) is 17.4. The Labute approximate surface area is 219 Å². The molecule has 6 nitrogen and oxygen atoms in total. The lowest BCUT2D eigenvalue weighted by molar-refractivity contribution is -0.140. The number of halogens is 1. The van der Waals surface area contributed by atoms with Gasteiger partial charge in [-0.3, -0.25) is 14.5 Å². The molecule has 0 bridgehead atoms. The summed E-state index contributed by atoms with van der Waals surface area (Å²) in [6, 6.07) is 19.5. The van der Waals surface area contributed by atoms with E-state index in [1.807, 2.05) is 66.9 Å². The van der Waals surface area contributed by atoms with Crippen LogP contribution < -0.4 is 0 Å². The SMILES string of the molecule is CCCCCCN1C(=O)C(C#N)=C(C)/C(=C\c2cn(-c3ccccc3)nc2-c2ccc(Br)cc2)C1=O. The van der Waals surface area contributed by atoms with Gasteiger partial charge in [0.25, 0.3) is 11.8 Å². The minimum atomic E-state index is -0.512. The van der Waals surface area contributed by atoms with Gasteiger partial charge in [0.15, 0.2) is 0 Å². The summed E-state index contributed by atoms with van der Waals surface area (Å²) >= 11 is 3.47. The fraction of sp³-hybridized carbons (Fsp3) is 0.241. The quantitative estimate of drug-likeness (QED) is 0.185. The number of carbonyl (C=O) groups is 2. The van der Waals surface area contributed by atoms with Crippen molar-refractivity contribution in [3.8, 4) is 23.0 Å². The van der Waals surface area contributed by atoms with Crippen molar-refractivity contribution in [3.05, 3.63) is 87.5 Å². The van der Waals surface area contributed by atoms with Crippen LogP contribution in [0.3, 0.4) is 0 Å². The highest BCUT2D eigenvalue weighted by atomic mass is 79.9. The van der Waals surface area contributed by atoms with Crippen molar-refractivity contribution < 1.29 is 9.59 Å². The van der Waals surface area contributed by atoms with Gasteiger partial charge in [0, 0.05) is 33.9 Å². The second-order valence-corrected chi connectivity index (χ2v) is 9.63. The average Bonchev–Trinajstić information content (AvgIpc) is 3.31. The molecule has 2 amide bonds. The van der Waals surface area contributed by atoms with Gasteiger partial charge in [0.2, 0.25) is 0 Å². The maximum absolute atomic E-state index is 13.5. The van der Waals surface area contributed by atoms with E-state index in [4.69, 9.17) is 5.10 Å². The Morgan fingerprint density at radius 3 is 2.39 bits per heavy atom. The molecule has 0 aliphatic carbocycles. The Hall–Kier alpha value is -3.76. The zero-order chi connectivity index (χ0) is 25.7. The van der Waals surface area contributed by atoms with Gasteiger partial charge in [-0.05, 0) is 49.3 Å². The van der Waals surface area contributed by atoms with Gasteiger partial charge in [-0.15, -0.1) is 0 Å². The lowest BCUT2D eigenvalue weighted by atomic mass is 9.93. The summed E-state index contributed by atoms with van der Waals surface area (Å²) < 4.78 is 2.72. The molecule has 3 aromatic rings. The highest BCUT2D eigenvalue weighted by Crippen LogP contribution is 2.31. The first-order valence-corrected chi connectivity index (χ1v) is 12.8. The Balaban J connectivity index is 1.82. The molecular formula is C29H27BrN4O2. The number of carbonyl (C=O) groups excluding carboxylic acids is 2. The number of para-hydroxylation sites is 1. The van der Waals surface area contributed by atoms with E-state index in [2.05, 4.69) is 22.9 Å². The summed E-state index contributed by atoms with van der Waals surface area (Å²) in [6.07, 6.45) is 7.35. The highest BCUT2D eigenvalue weighted by Gasteiger charge is 2.35. The Bertz CT molecular complexity index is 1380. The molecular weight excluding hydrogens is 516 g/mol. The molecule has 4 rings (SSSR count). The van der Waals surface area contributed by atoms with E-state index in [0.717, 1.165) is 40.5 Å². The van der Waals surface area contributed by atoms with Crippen LogP contribution in [-0.2, 0) is 9.59 Å². The molecule has 36 heavy (non-hydrogen) atoms. The topological polar surface area (TPSA) is 79.0 Å². The van der Waals surface area contributed by atoms with E-state index in [1.54, 1.807) is 17.7 Å². The number of aromatic nitrogens is 2. The lowest BCUT2D eigenvalue weighted by Gasteiger charge is -2.27. The normalized spacial score (nSPS) is 15.1. The smallest absolute Gasteiger partial charge is 0.271 e. The molecule has 0 fully saturated rings. The van der Waals surface area contributed by atoms with Gasteiger partial charge in [0.1, 0.15) is 11.6 Å². The Morgan fingerprint density at radius 1 is 1.00 bits per heavy atom. The molecule has 0 atom stereocenters. The van der Waals surface area contributed by atoms with Crippen LogP contribution in [0.1, 0.15) is 45.1 Å². The van der Waals surface area contributed by atoms with E-state index in [1.165, 1.54) is 4.90 Å². The molecule has 1 aromatic heterocycles. The maximum atomic E-state index is 13.5. The number of benzene rings is 2. The van der Waals surface area contributed by atoms with Gasteiger partial charge in [-0.1, -0.05) is 72.4 Å². The molecule has 0 saturated carbocycles. The predicted octanol–water partition coefficient (Wildman–Crippen LogP) is 6.47. The van der Waals surface area contributed by atoms with Crippen molar-refractivity contribution in [2.45, 2.75) is 39.5 Å². The third-order valence-corrected chi connectivity index (χ3v) is 6.77. The number of amides is 2. The number of nitrogens with zero attached hydrogens (tertiary/aromatic N) is 4. The maximum Gasteiger partial charge on any atom is 0.271 e. The standard InChI is InChI=1S/C29H27BrN4O2/c1-3-4-5-9-16-33-28(35)25(20(2)26(18-31)29(33)36)17-22-19-34(24-10-7-6-8-11-24)32-27(22)21-12-14-23(30)15-13-21/h6-8,10-15,17,19H,3-5,9,16H2,1-2H3/b25-17+. The number of hydrogen-bond donors (Lipinski definition) is 0. The molecule has 2 heterocycles. The van der Waals surface area contributed by atoms with E-state index in [0.29, 0.717) is 29.8 Å². The molecule has 0 N–H and O–H groups in total. The van der Waals surface area contributed by atoms with Gasteiger partial charge in [-0.25, -0.2) is 4.68 Å². The molecule has 0 spiro atoms. The lowest BCUT2D eigenvalue weighted by Crippen LogP contribution is -2.43. The molecule has 2 aromatic carbocycles. The van der Waals surface area contributed by atoms with Crippen molar-refractivity contribution in [2.75, 3.05) is 6.54 Å². The van der Waals surface area contributed by atoms with E-state index in [9.17, 15) is 14.9 Å². The van der Waals surface area contributed by atoms with E-state index in [-0.39, 0.29) is 11.5 Å². The fourth-order valence-corrected chi connectivity index (χ4v) is 4.49. The summed E-state index contributed by atoms with van der Waals surface area (Å²) in [7, 11) is 0. The third kappa shape index (κ3) is 5.24. The van der Waals surface area contributed by atoms with Crippen molar-refractivity contribution >= 4 is 33.8 Å². The van der Waals surface area contributed by atoms with Crippen LogP contribution in [0.4, 0.5) is 0 Å². The molecule has 182 valence electrons. The number of imide groups is 1. The number of rotatable bonds is 8. The van der Waals surface area contributed by atoms with Gasteiger partial charge < -0.3 is 0 Å². The fourth-order valence-electron chi connectivity index (χ4n) is 4.22. The predicted molar refractivity (Wildman–Crippen MR) is 144 cm³/mol. The van der Waals surface area contributed by atoms with Crippen LogP contribution in [0, 0.1) is 11.3 Å². The number of nitriles is 1. The van der Waals surface area contributed by atoms with Crippen LogP contribution in [0.25, 0.3) is 23.0 Å². The van der Waals surface area contributed by atoms with Crippen LogP contribution in [0.2, 0.25) is 0 Å². The largest absolute Gasteiger partial charge is 0.274 e. The van der Waals surface area contributed by atoms with Crippen LogP contribution in [0.5, 0.6) is 0 Å². The van der Waals surface area contributed by atoms with Crippen LogP contribution in [-0.4, -0.2) is 33.0 Å². The summed E-state index contributed by atoms with van der Waals surface area (Å²) in [4.78, 5) is 27.6. The van der Waals surface area contributed by atoms with Gasteiger partial charge in [0.05, 0.1) is 11.4 Å².